The van der Waals surface area contributed by atoms with Crippen LogP contribution in [0.3, 0.4) is 0 Å². The zero-order valence-corrected chi connectivity index (χ0v) is 28.6. The molecule has 1 atom stereocenters. The number of halogens is 2. The maximum Gasteiger partial charge on any atom is 0.274 e. The number of hydrogen-bond acceptors (Lipinski definition) is 10. The highest BCUT2D eigenvalue weighted by molar-refractivity contribution is 6.39. The van der Waals surface area contributed by atoms with Crippen molar-refractivity contribution in [2.24, 2.45) is 0 Å². The second-order valence-electron chi connectivity index (χ2n) is 12.0. The summed E-state index contributed by atoms with van der Waals surface area (Å²) in [6.45, 7) is 1.67. The number of aliphatic hydroxyl groups excluding tert-OH is 1. The van der Waals surface area contributed by atoms with Crippen LogP contribution >= 0.6 is 23.2 Å². The lowest BCUT2D eigenvalue weighted by Gasteiger charge is -2.32. The van der Waals surface area contributed by atoms with Crippen molar-refractivity contribution < 1.29 is 24.2 Å². The summed E-state index contributed by atoms with van der Waals surface area (Å²) in [5.74, 6) is 0.585. The van der Waals surface area contributed by atoms with E-state index < -0.39 is 5.91 Å². The fourth-order valence-electron chi connectivity index (χ4n) is 5.89. The molecule has 0 spiro atoms. The molecule has 14 heteroatoms. The molecule has 4 heterocycles. The zero-order chi connectivity index (χ0) is 34.5. The molecule has 2 aliphatic rings. The molecular formula is C35H37Cl2N7O5. The van der Waals surface area contributed by atoms with Gasteiger partial charge < -0.3 is 35.8 Å². The van der Waals surface area contributed by atoms with Crippen molar-refractivity contribution in [3.8, 4) is 34.1 Å². The van der Waals surface area contributed by atoms with Crippen LogP contribution in [0.25, 0.3) is 22.5 Å². The van der Waals surface area contributed by atoms with Crippen LogP contribution < -0.4 is 30.7 Å². The van der Waals surface area contributed by atoms with Gasteiger partial charge in [0, 0.05) is 78.9 Å². The fraction of sp³-hybridized carbons (Fsp3) is 0.343. The summed E-state index contributed by atoms with van der Waals surface area (Å²) < 4.78 is 11.1. The molecule has 0 unspecified atom stereocenters. The maximum atomic E-state index is 13.3. The molecule has 1 aliphatic heterocycles. The summed E-state index contributed by atoms with van der Waals surface area (Å²) in [6, 6.07) is 12.7. The number of ether oxygens (including phenoxy) is 2. The first-order valence-electron chi connectivity index (χ1n) is 16.0. The van der Waals surface area contributed by atoms with Crippen molar-refractivity contribution in [2.45, 2.75) is 57.0 Å². The van der Waals surface area contributed by atoms with Gasteiger partial charge in [0.1, 0.15) is 11.4 Å². The molecule has 1 aliphatic carbocycles. The second kappa shape index (κ2) is 15.5. The lowest BCUT2D eigenvalue weighted by molar-refractivity contribution is -0.119. The standard InChI is InChI=1S/C35H37Cl2N7O5/c1-48-29-14-28(41-17-20(29)16-40-22-12-23(45)13-22)34(47)43-27-5-3-4-25(31(27)36)33-32(37)24(10-11-39-33)26-8-6-19(35(44-26)49-2)15-38-18-21-7-9-30(46)42-21/h3-6,8,10-11,14,17,21-23,38,40,45H,7,9,12-13,15-16,18H2,1-2H3,(H,42,46)(H,43,47)/t21-,22?,23?/m0/s1. The van der Waals surface area contributed by atoms with Crippen LogP contribution in [-0.2, 0) is 17.9 Å². The van der Waals surface area contributed by atoms with E-state index in [2.05, 4.69) is 31.2 Å². The Morgan fingerprint density at radius 3 is 2.59 bits per heavy atom. The number of nitrogens with one attached hydrogen (secondary N) is 4. The number of aliphatic hydroxyl groups is 1. The number of hydrogen-bond donors (Lipinski definition) is 5. The summed E-state index contributed by atoms with van der Waals surface area (Å²) in [4.78, 5) is 38.4. The average Bonchev–Trinajstić information content (AvgIpc) is 3.52. The summed E-state index contributed by atoms with van der Waals surface area (Å²) in [5, 5.41) is 22.6. The minimum atomic E-state index is -0.467. The molecule has 4 aromatic rings. The number of anilines is 1. The van der Waals surface area contributed by atoms with Gasteiger partial charge in [0.2, 0.25) is 11.8 Å². The van der Waals surface area contributed by atoms with E-state index >= 15 is 0 Å². The van der Waals surface area contributed by atoms with E-state index in [1.54, 1.807) is 49.8 Å². The summed E-state index contributed by atoms with van der Waals surface area (Å²) in [5.41, 5.74) is 4.33. The molecule has 1 aromatic carbocycles. The lowest BCUT2D eigenvalue weighted by atomic mass is 9.89. The maximum absolute atomic E-state index is 13.3. The Hall–Kier alpha value is -4.33. The van der Waals surface area contributed by atoms with Gasteiger partial charge >= 0.3 is 0 Å². The molecule has 0 bridgehead atoms. The largest absolute Gasteiger partial charge is 0.496 e. The van der Waals surface area contributed by atoms with Crippen LogP contribution in [-0.4, -0.2) is 70.8 Å². The Morgan fingerprint density at radius 2 is 1.86 bits per heavy atom. The van der Waals surface area contributed by atoms with Crippen molar-refractivity contribution in [1.29, 1.82) is 0 Å². The molecule has 5 N–H and O–H groups in total. The topological polar surface area (TPSA) is 160 Å². The van der Waals surface area contributed by atoms with Crippen LogP contribution in [0.2, 0.25) is 10.0 Å². The minimum Gasteiger partial charge on any atom is -0.496 e. The van der Waals surface area contributed by atoms with Crippen LogP contribution in [0.5, 0.6) is 11.6 Å². The zero-order valence-electron chi connectivity index (χ0n) is 27.1. The molecule has 3 aromatic heterocycles. The van der Waals surface area contributed by atoms with Gasteiger partial charge in [-0.1, -0.05) is 41.4 Å². The van der Waals surface area contributed by atoms with Gasteiger partial charge in [0.25, 0.3) is 5.91 Å². The number of aromatic nitrogens is 3. The molecular weight excluding hydrogens is 669 g/mol. The van der Waals surface area contributed by atoms with Gasteiger partial charge in [0.05, 0.1) is 47.4 Å². The summed E-state index contributed by atoms with van der Waals surface area (Å²) in [7, 11) is 3.10. The highest BCUT2D eigenvalue weighted by atomic mass is 35.5. The Balaban J connectivity index is 1.17. The quantitative estimate of drug-likeness (QED) is 0.131. The van der Waals surface area contributed by atoms with Crippen molar-refractivity contribution in [2.75, 3.05) is 26.1 Å². The predicted octanol–water partition coefficient (Wildman–Crippen LogP) is 4.76. The first-order chi connectivity index (χ1) is 23.7. The van der Waals surface area contributed by atoms with Gasteiger partial charge in [-0.15, -0.1) is 0 Å². The van der Waals surface area contributed by atoms with Crippen molar-refractivity contribution in [1.82, 2.24) is 30.9 Å². The van der Waals surface area contributed by atoms with E-state index in [-0.39, 0.29) is 34.8 Å². The van der Waals surface area contributed by atoms with Crippen LogP contribution in [0.15, 0.2) is 54.9 Å². The molecule has 49 heavy (non-hydrogen) atoms. The number of carbonyl (C=O) groups is 2. The van der Waals surface area contributed by atoms with Crippen LogP contribution in [0.4, 0.5) is 5.69 Å². The number of carbonyl (C=O) groups excluding carboxylic acids is 2. The number of rotatable bonds is 13. The predicted molar refractivity (Wildman–Crippen MR) is 187 cm³/mol. The molecule has 1 saturated heterocycles. The second-order valence-corrected chi connectivity index (χ2v) is 12.8. The number of pyridine rings is 3. The first kappa shape index (κ1) is 34.5. The normalized spacial score (nSPS) is 18.5. The van der Waals surface area contributed by atoms with Crippen LogP contribution in [0.1, 0.15) is 47.3 Å². The van der Waals surface area contributed by atoms with E-state index in [4.69, 9.17) is 37.7 Å². The SMILES string of the molecule is COc1cc(C(=O)Nc2cccc(-c3nccc(-c4ccc(CNC[C@@H]5CCC(=O)N5)c(OC)n4)c3Cl)c2Cl)ncc1CNC1CC(O)C1. The average molecular weight is 707 g/mol. The highest BCUT2D eigenvalue weighted by Crippen LogP contribution is 2.40. The molecule has 1 saturated carbocycles. The number of amides is 2. The van der Waals surface area contributed by atoms with Gasteiger partial charge in [-0.25, -0.2) is 4.98 Å². The van der Waals surface area contributed by atoms with E-state index in [1.807, 2.05) is 12.1 Å². The highest BCUT2D eigenvalue weighted by Gasteiger charge is 2.27. The monoisotopic (exact) mass is 705 g/mol. The summed E-state index contributed by atoms with van der Waals surface area (Å²) in [6.07, 6.45) is 5.76. The molecule has 0 radical (unpaired) electrons. The Bertz CT molecular complexity index is 1850. The molecule has 12 nitrogen and oxygen atoms in total. The van der Waals surface area contributed by atoms with E-state index in [9.17, 15) is 14.7 Å². The third kappa shape index (κ3) is 7.95. The van der Waals surface area contributed by atoms with Crippen LogP contribution in [0, 0.1) is 0 Å². The van der Waals surface area contributed by atoms with Gasteiger partial charge in [0.15, 0.2) is 0 Å². The Kier molecular flexibility index (Phi) is 10.9. The van der Waals surface area contributed by atoms with E-state index in [1.165, 1.54) is 7.11 Å². The van der Waals surface area contributed by atoms with E-state index in [0.29, 0.717) is 83.8 Å². The van der Waals surface area contributed by atoms with Crippen molar-refractivity contribution in [3.05, 3.63) is 81.7 Å². The fourth-order valence-corrected chi connectivity index (χ4v) is 6.46. The van der Waals surface area contributed by atoms with Gasteiger partial charge in [-0.2, -0.15) is 0 Å². The van der Waals surface area contributed by atoms with Crippen molar-refractivity contribution >= 4 is 40.7 Å². The molecule has 6 rings (SSSR count). The van der Waals surface area contributed by atoms with E-state index in [0.717, 1.165) is 17.5 Å². The molecule has 256 valence electrons. The van der Waals surface area contributed by atoms with Crippen molar-refractivity contribution in [3.63, 3.8) is 0 Å². The van der Waals surface area contributed by atoms with Gasteiger partial charge in [-0.05, 0) is 37.5 Å². The summed E-state index contributed by atoms with van der Waals surface area (Å²) >= 11 is 13.8. The third-order valence-corrected chi connectivity index (χ3v) is 9.47. The van der Waals surface area contributed by atoms with Gasteiger partial charge in [-0.3, -0.25) is 19.6 Å². The first-order valence-corrected chi connectivity index (χ1v) is 16.7. The smallest absolute Gasteiger partial charge is 0.274 e. The minimum absolute atomic E-state index is 0.0810. The Labute approximate surface area is 294 Å². The number of methoxy groups -OCH3 is 2. The lowest BCUT2D eigenvalue weighted by Crippen LogP contribution is -2.43. The number of nitrogens with zero attached hydrogens (tertiary/aromatic N) is 3. The molecule has 2 amide bonds. The number of benzene rings is 1. The molecule has 2 fully saturated rings. The Morgan fingerprint density at radius 1 is 1.02 bits per heavy atom. The third-order valence-electron chi connectivity index (χ3n) is 8.68.